The molecule has 7 heteroatoms. The molecule has 1 aliphatic carbocycles. The zero-order chi connectivity index (χ0) is 15.4. The number of halogens is 2. The third kappa shape index (κ3) is 5.88. The van der Waals surface area contributed by atoms with Gasteiger partial charge in [0.25, 0.3) is 0 Å². The summed E-state index contributed by atoms with van der Waals surface area (Å²) >= 11 is 1.75. The molecule has 0 aliphatic heterocycles. The van der Waals surface area contributed by atoms with E-state index in [1.54, 1.807) is 11.3 Å². The Morgan fingerprint density at radius 2 is 2.04 bits per heavy atom. The molecule has 1 aromatic carbocycles. The van der Waals surface area contributed by atoms with Gasteiger partial charge in [0.05, 0.1) is 15.2 Å². The molecule has 1 unspecified atom stereocenters. The van der Waals surface area contributed by atoms with Crippen LogP contribution in [0.3, 0.4) is 0 Å². The van der Waals surface area contributed by atoms with Crippen molar-refractivity contribution in [2.45, 2.75) is 44.6 Å². The molecule has 0 bridgehead atoms. The van der Waals surface area contributed by atoms with E-state index in [-0.39, 0.29) is 36.8 Å². The number of unbranched alkanes of at least 4 members (excludes halogenated alkanes) is 1. The van der Waals surface area contributed by atoms with E-state index in [2.05, 4.69) is 16.4 Å². The molecule has 1 aromatic heterocycles. The number of rotatable bonds is 8. The minimum atomic E-state index is 0. The summed E-state index contributed by atoms with van der Waals surface area (Å²) in [5, 5.41) is 4.24. The number of benzene rings is 1. The Hall–Kier alpha value is -0.880. The second-order valence-corrected chi connectivity index (χ2v) is 7.14. The highest BCUT2D eigenvalue weighted by Gasteiger charge is 2.30. The van der Waals surface area contributed by atoms with Crippen LogP contribution in [0.25, 0.3) is 10.2 Å². The number of nitrogens with zero attached hydrogens (tertiary/aromatic N) is 1. The molecular weight excluding hydrogens is 365 g/mol. The molecule has 3 N–H and O–H groups in total. The van der Waals surface area contributed by atoms with Gasteiger partial charge in [0.15, 0.2) is 0 Å². The van der Waals surface area contributed by atoms with Gasteiger partial charge in [-0.15, -0.1) is 36.2 Å². The molecule has 2 aromatic rings. The normalized spacial score (nSPS) is 14.5. The molecule has 1 aliphatic rings. The van der Waals surface area contributed by atoms with Gasteiger partial charge >= 0.3 is 0 Å². The van der Waals surface area contributed by atoms with Crippen LogP contribution >= 0.6 is 36.2 Å². The molecule has 0 saturated heterocycles. The number of amides is 1. The molecule has 0 radical (unpaired) electrons. The Balaban J connectivity index is 0.00000144. The van der Waals surface area contributed by atoms with Crippen molar-refractivity contribution in [3.05, 3.63) is 29.3 Å². The average Bonchev–Trinajstić information content (AvgIpc) is 3.28. The van der Waals surface area contributed by atoms with Crippen LogP contribution < -0.4 is 11.1 Å². The SMILES string of the molecule is Cl.Cl.NCC(NC(=O)CCCCc1nc2ccccc2s1)C1CC1. The monoisotopic (exact) mass is 389 g/mol. The fourth-order valence-corrected chi connectivity index (χ4v) is 3.74. The lowest BCUT2D eigenvalue weighted by Gasteiger charge is -2.15. The third-order valence-electron chi connectivity index (χ3n) is 4.17. The van der Waals surface area contributed by atoms with Gasteiger partial charge in [-0.25, -0.2) is 4.98 Å². The molecule has 134 valence electrons. The van der Waals surface area contributed by atoms with Gasteiger partial charge < -0.3 is 11.1 Å². The molecule has 1 amide bonds. The molecule has 0 spiro atoms. The highest BCUT2D eigenvalue weighted by molar-refractivity contribution is 7.18. The maximum absolute atomic E-state index is 11.9. The minimum Gasteiger partial charge on any atom is -0.352 e. The number of carbonyl (C=O) groups is 1. The molecule has 3 rings (SSSR count). The van der Waals surface area contributed by atoms with Crippen molar-refractivity contribution in [2.75, 3.05) is 6.54 Å². The van der Waals surface area contributed by atoms with Gasteiger partial charge in [-0.05, 0) is 50.2 Å². The maximum atomic E-state index is 11.9. The van der Waals surface area contributed by atoms with Crippen molar-refractivity contribution in [1.29, 1.82) is 0 Å². The number of para-hydroxylation sites is 1. The number of aryl methyl sites for hydroxylation is 1. The lowest BCUT2D eigenvalue weighted by Crippen LogP contribution is -2.41. The molecule has 1 fully saturated rings. The zero-order valence-corrected chi connectivity index (χ0v) is 16.0. The zero-order valence-electron chi connectivity index (χ0n) is 13.6. The van der Waals surface area contributed by atoms with Crippen molar-refractivity contribution in [2.24, 2.45) is 11.7 Å². The van der Waals surface area contributed by atoms with Crippen LogP contribution in [0, 0.1) is 5.92 Å². The van der Waals surface area contributed by atoms with Crippen LogP contribution in [0.1, 0.15) is 37.1 Å². The molecule has 4 nitrogen and oxygen atoms in total. The Kier molecular flexibility index (Phi) is 8.98. The largest absolute Gasteiger partial charge is 0.352 e. The fraction of sp³-hybridized carbons (Fsp3) is 0.529. The first-order valence-electron chi connectivity index (χ1n) is 8.10. The Labute approximate surface area is 159 Å². The first kappa shape index (κ1) is 21.2. The summed E-state index contributed by atoms with van der Waals surface area (Å²) in [7, 11) is 0. The van der Waals surface area contributed by atoms with Crippen LogP contribution in [-0.2, 0) is 11.2 Å². The van der Waals surface area contributed by atoms with E-state index in [0.29, 0.717) is 18.9 Å². The van der Waals surface area contributed by atoms with E-state index < -0.39 is 0 Å². The number of carbonyl (C=O) groups excluding carboxylic acids is 1. The van der Waals surface area contributed by atoms with Crippen molar-refractivity contribution >= 4 is 52.3 Å². The van der Waals surface area contributed by atoms with Crippen LogP contribution in [0.5, 0.6) is 0 Å². The van der Waals surface area contributed by atoms with Gasteiger partial charge in [-0.1, -0.05) is 12.1 Å². The van der Waals surface area contributed by atoms with Crippen molar-refractivity contribution in [3.8, 4) is 0 Å². The van der Waals surface area contributed by atoms with Crippen molar-refractivity contribution in [1.82, 2.24) is 10.3 Å². The predicted octanol–water partition coefficient (Wildman–Crippen LogP) is 3.71. The van der Waals surface area contributed by atoms with Crippen LogP contribution in [0.15, 0.2) is 24.3 Å². The minimum absolute atomic E-state index is 0. The van der Waals surface area contributed by atoms with Crippen LogP contribution in [0.2, 0.25) is 0 Å². The summed E-state index contributed by atoms with van der Waals surface area (Å²) in [5.74, 6) is 0.767. The molecule has 1 saturated carbocycles. The maximum Gasteiger partial charge on any atom is 0.220 e. The quantitative estimate of drug-likeness (QED) is 0.676. The summed E-state index contributed by atoms with van der Waals surface area (Å²) in [6.07, 6.45) is 5.87. The van der Waals surface area contributed by atoms with E-state index in [4.69, 9.17) is 5.73 Å². The van der Waals surface area contributed by atoms with Gasteiger partial charge in [-0.3, -0.25) is 4.79 Å². The third-order valence-corrected chi connectivity index (χ3v) is 5.27. The van der Waals surface area contributed by atoms with E-state index in [1.807, 2.05) is 18.2 Å². The number of thiazole rings is 1. The number of hydrogen-bond donors (Lipinski definition) is 2. The Morgan fingerprint density at radius 3 is 2.71 bits per heavy atom. The number of aromatic nitrogens is 1. The topological polar surface area (TPSA) is 68.0 Å². The highest BCUT2D eigenvalue weighted by atomic mass is 35.5. The fourth-order valence-electron chi connectivity index (χ4n) is 2.74. The standard InChI is InChI=1S/C17H23N3OS.2ClH/c18-11-14(12-9-10-12)19-16(21)7-3-4-8-17-20-13-5-1-2-6-15(13)22-17;;/h1-2,5-6,12,14H,3-4,7-11,18H2,(H,19,21);2*1H. The summed E-state index contributed by atoms with van der Waals surface area (Å²) < 4.78 is 1.24. The van der Waals surface area contributed by atoms with E-state index in [9.17, 15) is 4.79 Å². The first-order chi connectivity index (χ1) is 10.8. The average molecular weight is 390 g/mol. The van der Waals surface area contributed by atoms with Crippen LogP contribution in [-0.4, -0.2) is 23.5 Å². The van der Waals surface area contributed by atoms with Gasteiger partial charge in [0.1, 0.15) is 0 Å². The second kappa shape index (κ2) is 10.2. The predicted molar refractivity (Wildman–Crippen MR) is 105 cm³/mol. The first-order valence-corrected chi connectivity index (χ1v) is 8.92. The lowest BCUT2D eigenvalue weighted by atomic mass is 10.1. The number of nitrogens with one attached hydrogen (secondary N) is 1. The van der Waals surface area contributed by atoms with E-state index in [1.165, 1.54) is 22.5 Å². The number of hydrogen-bond acceptors (Lipinski definition) is 4. The molecule has 1 atom stereocenters. The molecule has 24 heavy (non-hydrogen) atoms. The van der Waals surface area contributed by atoms with Crippen LogP contribution in [0.4, 0.5) is 0 Å². The van der Waals surface area contributed by atoms with Gasteiger partial charge in [0.2, 0.25) is 5.91 Å². The van der Waals surface area contributed by atoms with Crippen molar-refractivity contribution in [3.63, 3.8) is 0 Å². The number of nitrogens with two attached hydrogens (primary N) is 1. The van der Waals surface area contributed by atoms with E-state index >= 15 is 0 Å². The lowest BCUT2D eigenvalue weighted by molar-refractivity contribution is -0.122. The summed E-state index contributed by atoms with van der Waals surface area (Å²) in [5.41, 5.74) is 6.79. The summed E-state index contributed by atoms with van der Waals surface area (Å²) in [6.45, 7) is 0.558. The summed E-state index contributed by atoms with van der Waals surface area (Å²) in [4.78, 5) is 16.5. The smallest absolute Gasteiger partial charge is 0.220 e. The summed E-state index contributed by atoms with van der Waals surface area (Å²) in [6, 6.07) is 8.41. The molecule has 1 heterocycles. The van der Waals surface area contributed by atoms with E-state index in [0.717, 1.165) is 24.8 Å². The van der Waals surface area contributed by atoms with Gasteiger partial charge in [-0.2, -0.15) is 0 Å². The Bertz CT molecular complexity index is 613. The van der Waals surface area contributed by atoms with Crippen molar-refractivity contribution < 1.29 is 4.79 Å². The molecular formula is C17H25Cl2N3OS. The second-order valence-electron chi connectivity index (χ2n) is 6.03. The Morgan fingerprint density at radius 1 is 1.29 bits per heavy atom. The van der Waals surface area contributed by atoms with Gasteiger partial charge in [0, 0.05) is 19.0 Å². The highest BCUT2D eigenvalue weighted by Crippen LogP contribution is 2.32. The number of fused-ring (bicyclic) bond motifs is 1.